The van der Waals surface area contributed by atoms with E-state index in [0.29, 0.717) is 6.61 Å². The highest BCUT2D eigenvalue weighted by molar-refractivity contribution is 5.64. The summed E-state index contributed by atoms with van der Waals surface area (Å²) in [4.78, 5) is 13.0. The van der Waals surface area contributed by atoms with Crippen LogP contribution in [0.4, 0.5) is 4.79 Å². The molecule has 0 aliphatic rings. The first-order chi connectivity index (χ1) is 10.7. The van der Waals surface area contributed by atoms with Crippen LogP contribution in [0.5, 0.6) is 0 Å². The highest BCUT2D eigenvalue weighted by Gasteiger charge is 2.07. The van der Waals surface area contributed by atoms with Crippen molar-refractivity contribution >= 4 is 6.09 Å². The van der Waals surface area contributed by atoms with E-state index in [1.54, 1.807) is 0 Å². The average molecular weight is 298 g/mol. The van der Waals surface area contributed by atoms with E-state index in [9.17, 15) is 4.79 Å². The summed E-state index contributed by atoms with van der Waals surface area (Å²) < 4.78 is 4.80. The van der Waals surface area contributed by atoms with Crippen molar-refractivity contribution in [1.82, 2.24) is 4.90 Å². The molecule has 2 rings (SSSR count). The third-order valence-electron chi connectivity index (χ3n) is 3.36. The van der Waals surface area contributed by atoms with Gasteiger partial charge in [-0.25, -0.2) is 4.79 Å². The maximum atomic E-state index is 10.6. The topological polar surface area (TPSA) is 55.6 Å². The lowest BCUT2D eigenvalue weighted by Crippen LogP contribution is -2.25. The maximum absolute atomic E-state index is 10.6. The van der Waals surface area contributed by atoms with Crippen LogP contribution in [0.25, 0.3) is 0 Å². The van der Waals surface area contributed by atoms with Gasteiger partial charge < -0.3 is 10.5 Å². The number of hydrogen-bond donors (Lipinski definition) is 1. The molecule has 116 valence electrons. The fourth-order valence-electron chi connectivity index (χ4n) is 2.36. The van der Waals surface area contributed by atoms with Crippen LogP contribution in [-0.2, 0) is 17.8 Å². The molecule has 4 heteroatoms. The van der Waals surface area contributed by atoms with Gasteiger partial charge in [-0.1, -0.05) is 60.7 Å². The number of ether oxygens (including phenoxy) is 1. The van der Waals surface area contributed by atoms with Crippen molar-refractivity contribution < 1.29 is 9.53 Å². The number of nitrogens with zero attached hydrogens (tertiary/aromatic N) is 1. The maximum Gasteiger partial charge on any atom is 0.404 e. The molecule has 0 saturated heterocycles. The lowest BCUT2D eigenvalue weighted by Gasteiger charge is -2.22. The van der Waals surface area contributed by atoms with E-state index in [1.165, 1.54) is 11.1 Å². The van der Waals surface area contributed by atoms with E-state index in [1.807, 2.05) is 36.4 Å². The van der Waals surface area contributed by atoms with Gasteiger partial charge in [0, 0.05) is 19.6 Å². The van der Waals surface area contributed by atoms with Gasteiger partial charge in [-0.15, -0.1) is 0 Å². The van der Waals surface area contributed by atoms with Crippen molar-refractivity contribution in [3.8, 4) is 0 Å². The molecule has 22 heavy (non-hydrogen) atoms. The van der Waals surface area contributed by atoms with Crippen LogP contribution in [0.2, 0.25) is 0 Å². The molecule has 0 aliphatic heterocycles. The van der Waals surface area contributed by atoms with Crippen LogP contribution in [-0.4, -0.2) is 24.1 Å². The molecular formula is C18H22N2O2. The van der Waals surface area contributed by atoms with Gasteiger partial charge in [-0.05, 0) is 17.5 Å². The number of rotatable bonds is 8. The van der Waals surface area contributed by atoms with Gasteiger partial charge >= 0.3 is 6.09 Å². The number of primary amides is 1. The number of amides is 1. The molecule has 0 aromatic heterocycles. The zero-order valence-electron chi connectivity index (χ0n) is 12.7. The minimum Gasteiger partial charge on any atom is -0.450 e. The molecule has 0 bridgehead atoms. The Kier molecular flexibility index (Phi) is 6.45. The third kappa shape index (κ3) is 5.97. The van der Waals surface area contributed by atoms with Crippen molar-refractivity contribution in [3.63, 3.8) is 0 Å². The van der Waals surface area contributed by atoms with Gasteiger partial charge in [0.1, 0.15) is 0 Å². The van der Waals surface area contributed by atoms with Crippen molar-refractivity contribution in [1.29, 1.82) is 0 Å². The normalized spacial score (nSPS) is 10.6. The van der Waals surface area contributed by atoms with Gasteiger partial charge in [0.25, 0.3) is 0 Å². The minimum absolute atomic E-state index is 0.357. The van der Waals surface area contributed by atoms with Crippen molar-refractivity contribution in [3.05, 3.63) is 71.8 Å². The summed E-state index contributed by atoms with van der Waals surface area (Å²) in [5.41, 5.74) is 7.53. The number of benzene rings is 2. The van der Waals surface area contributed by atoms with Gasteiger partial charge in [0.2, 0.25) is 0 Å². The van der Waals surface area contributed by atoms with Crippen LogP contribution in [0, 0.1) is 0 Å². The lowest BCUT2D eigenvalue weighted by molar-refractivity contribution is 0.145. The first-order valence-corrected chi connectivity index (χ1v) is 7.46. The summed E-state index contributed by atoms with van der Waals surface area (Å²) in [7, 11) is 0. The molecule has 2 aromatic carbocycles. The Labute approximate surface area is 131 Å². The second-order valence-corrected chi connectivity index (χ2v) is 5.20. The Hall–Kier alpha value is -2.33. The van der Waals surface area contributed by atoms with Crippen LogP contribution in [0.3, 0.4) is 0 Å². The Morgan fingerprint density at radius 2 is 1.41 bits per heavy atom. The minimum atomic E-state index is -0.710. The first-order valence-electron chi connectivity index (χ1n) is 7.46. The predicted molar refractivity (Wildman–Crippen MR) is 87.2 cm³/mol. The summed E-state index contributed by atoms with van der Waals surface area (Å²) in [5.74, 6) is 0. The summed E-state index contributed by atoms with van der Waals surface area (Å²) in [6.45, 7) is 2.94. The molecule has 2 N–H and O–H groups in total. The number of hydrogen-bond acceptors (Lipinski definition) is 3. The van der Waals surface area contributed by atoms with Gasteiger partial charge in [-0.2, -0.15) is 0 Å². The Balaban J connectivity index is 1.92. The quantitative estimate of drug-likeness (QED) is 0.762. The van der Waals surface area contributed by atoms with E-state index in [2.05, 4.69) is 29.2 Å². The van der Waals surface area contributed by atoms with E-state index >= 15 is 0 Å². The molecule has 0 spiro atoms. The highest BCUT2D eigenvalue weighted by Crippen LogP contribution is 2.10. The summed E-state index contributed by atoms with van der Waals surface area (Å²) in [6.07, 6.45) is 0.0560. The standard InChI is InChI=1S/C18H22N2O2/c19-18(21)22-13-7-12-20(14-16-8-3-1-4-9-16)15-17-10-5-2-6-11-17/h1-6,8-11H,7,12-15H2,(H2,19,21). The Morgan fingerprint density at radius 3 is 1.86 bits per heavy atom. The number of carbonyl (C=O) groups is 1. The number of nitrogens with two attached hydrogens (primary N) is 1. The molecule has 2 aromatic rings. The van der Waals surface area contributed by atoms with Gasteiger partial charge in [-0.3, -0.25) is 4.90 Å². The lowest BCUT2D eigenvalue weighted by atomic mass is 10.1. The Bertz CT molecular complexity index is 516. The van der Waals surface area contributed by atoms with Crippen LogP contribution in [0.15, 0.2) is 60.7 Å². The molecule has 0 saturated carbocycles. The van der Waals surface area contributed by atoms with E-state index < -0.39 is 6.09 Å². The zero-order chi connectivity index (χ0) is 15.6. The van der Waals surface area contributed by atoms with Crippen LogP contribution in [0.1, 0.15) is 17.5 Å². The van der Waals surface area contributed by atoms with Crippen LogP contribution < -0.4 is 5.73 Å². The predicted octanol–water partition coefficient (Wildman–Crippen LogP) is 3.17. The number of carbonyl (C=O) groups excluding carboxylic acids is 1. The molecular weight excluding hydrogens is 276 g/mol. The SMILES string of the molecule is NC(=O)OCCCN(Cc1ccccc1)Cc1ccccc1. The second kappa shape index (κ2) is 8.85. The highest BCUT2D eigenvalue weighted by atomic mass is 16.5. The third-order valence-corrected chi connectivity index (χ3v) is 3.36. The van der Waals surface area contributed by atoms with Crippen molar-refractivity contribution in [2.75, 3.05) is 13.2 Å². The molecule has 1 amide bonds. The Morgan fingerprint density at radius 1 is 0.909 bits per heavy atom. The monoisotopic (exact) mass is 298 g/mol. The van der Waals surface area contributed by atoms with Crippen LogP contribution >= 0.6 is 0 Å². The smallest absolute Gasteiger partial charge is 0.404 e. The fourth-order valence-corrected chi connectivity index (χ4v) is 2.36. The summed E-state index contributed by atoms with van der Waals surface area (Å²) >= 11 is 0. The second-order valence-electron chi connectivity index (χ2n) is 5.20. The first kappa shape index (κ1) is 16.0. The molecule has 0 heterocycles. The van der Waals surface area contributed by atoms with Crippen molar-refractivity contribution in [2.24, 2.45) is 5.73 Å². The molecule has 0 aliphatic carbocycles. The molecule has 0 radical (unpaired) electrons. The van der Waals surface area contributed by atoms with E-state index in [4.69, 9.17) is 10.5 Å². The van der Waals surface area contributed by atoms with Gasteiger partial charge in [0.05, 0.1) is 6.61 Å². The van der Waals surface area contributed by atoms with E-state index in [0.717, 1.165) is 26.1 Å². The fraction of sp³-hybridized carbons (Fsp3) is 0.278. The van der Waals surface area contributed by atoms with Gasteiger partial charge in [0.15, 0.2) is 0 Å². The zero-order valence-corrected chi connectivity index (χ0v) is 12.7. The summed E-state index contributed by atoms with van der Waals surface area (Å²) in [6, 6.07) is 20.7. The van der Waals surface area contributed by atoms with E-state index in [-0.39, 0.29) is 0 Å². The largest absolute Gasteiger partial charge is 0.450 e. The molecule has 0 atom stereocenters. The molecule has 0 unspecified atom stereocenters. The summed E-state index contributed by atoms with van der Waals surface area (Å²) in [5, 5.41) is 0. The molecule has 4 nitrogen and oxygen atoms in total. The van der Waals surface area contributed by atoms with Crippen molar-refractivity contribution in [2.45, 2.75) is 19.5 Å². The molecule has 0 fully saturated rings. The average Bonchev–Trinajstić information content (AvgIpc) is 2.53.